The van der Waals surface area contributed by atoms with Crippen LogP contribution in [0.1, 0.15) is 117 Å². The Morgan fingerprint density at radius 2 is 1.59 bits per heavy atom. The summed E-state index contributed by atoms with van der Waals surface area (Å²) in [5.74, 6) is 4.17. The summed E-state index contributed by atoms with van der Waals surface area (Å²) in [6.07, 6.45) is 20.2. The molecular formula is C29H48O2S. The predicted molar refractivity (Wildman–Crippen MR) is 137 cm³/mol. The van der Waals surface area contributed by atoms with Gasteiger partial charge in [0.15, 0.2) is 5.78 Å². The fourth-order valence-electron chi connectivity index (χ4n) is 8.65. The van der Waals surface area contributed by atoms with E-state index in [-0.39, 0.29) is 10.8 Å². The summed E-state index contributed by atoms with van der Waals surface area (Å²) >= 11 is 4.32. The number of fused-ring (bicyclic) bond motifs is 5. The summed E-state index contributed by atoms with van der Waals surface area (Å²) in [6.45, 7) is 7.01. The summed E-state index contributed by atoms with van der Waals surface area (Å²) in [6, 6.07) is 0. The van der Waals surface area contributed by atoms with Crippen molar-refractivity contribution in [2.45, 2.75) is 123 Å². The van der Waals surface area contributed by atoms with Crippen LogP contribution in [0.15, 0.2) is 11.6 Å². The van der Waals surface area contributed by atoms with E-state index < -0.39 is 5.60 Å². The van der Waals surface area contributed by atoms with E-state index in [0.29, 0.717) is 23.5 Å². The van der Waals surface area contributed by atoms with Crippen molar-refractivity contribution in [3.8, 4) is 0 Å². The molecule has 0 unspecified atom stereocenters. The Morgan fingerprint density at radius 1 is 0.938 bits per heavy atom. The average Bonchev–Trinajstić information content (AvgIpc) is 3.00. The number of hydrogen-bond donors (Lipinski definition) is 2. The van der Waals surface area contributed by atoms with Gasteiger partial charge in [-0.05, 0) is 105 Å². The molecule has 0 radical (unpaired) electrons. The van der Waals surface area contributed by atoms with Crippen molar-refractivity contribution < 1.29 is 9.90 Å². The van der Waals surface area contributed by atoms with Crippen LogP contribution in [0, 0.1) is 34.5 Å². The number of carbonyl (C=O) groups is 1. The van der Waals surface area contributed by atoms with Gasteiger partial charge in [0.25, 0.3) is 0 Å². The fraction of sp³-hybridized carbons (Fsp3) is 0.897. The van der Waals surface area contributed by atoms with E-state index in [4.69, 9.17) is 0 Å². The maximum Gasteiger partial charge on any atom is 0.155 e. The lowest BCUT2D eigenvalue weighted by molar-refractivity contribution is -0.135. The molecule has 3 heteroatoms. The molecule has 7 atom stereocenters. The second-order valence-electron chi connectivity index (χ2n) is 12.6. The standard InChI is InChI=1S/C29H48O2S/c1-27-15-12-23(30)20-22(27)19-21(11-9-7-5-4-6-8-10-18-32)26-24(27)13-16-28(2)25(26)14-17-29(28,3)31/h20-21,24-26,31-32H,4-19H2,1-3H3/t21-,24+,25+,26-,27+,28+,29+/m1/s1. The Bertz CT molecular complexity index is 712. The molecule has 3 saturated carbocycles. The van der Waals surface area contributed by atoms with Crippen LogP contribution in [0.25, 0.3) is 0 Å². The number of allylic oxidation sites excluding steroid dienone is 1. The number of hydrogen-bond acceptors (Lipinski definition) is 3. The lowest BCUT2D eigenvalue weighted by atomic mass is 9.44. The monoisotopic (exact) mass is 460 g/mol. The quantitative estimate of drug-likeness (QED) is 0.275. The van der Waals surface area contributed by atoms with E-state index in [1.54, 1.807) is 0 Å². The third-order valence-electron chi connectivity index (χ3n) is 10.9. The minimum absolute atomic E-state index is 0.0709. The Hall–Kier alpha value is -0.280. The first kappa shape index (κ1) is 24.8. The van der Waals surface area contributed by atoms with Crippen molar-refractivity contribution in [1.29, 1.82) is 0 Å². The highest BCUT2D eigenvalue weighted by Gasteiger charge is 2.64. The van der Waals surface area contributed by atoms with Gasteiger partial charge in [-0.15, -0.1) is 0 Å². The molecule has 0 saturated heterocycles. The molecule has 0 bridgehead atoms. The van der Waals surface area contributed by atoms with Crippen LogP contribution in [-0.2, 0) is 4.79 Å². The topological polar surface area (TPSA) is 37.3 Å². The van der Waals surface area contributed by atoms with Gasteiger partial charge in [-0.25, -0.2) is 0 Å². The molecule has 0 aromatic heterocycles. The Morgan fingerprint density at radius 3 is 2.31 bits per heavy atom. The number of aliphatic hydroxyl groups is 1. The van der Waals surface area contributed by atoms with Gasteiger partial charge in [0.2, 0.25) is 0 Å². The summed E-state index contributed by atoms with van der Waals surface area (Å²) in [4.78, 5) is 12.3. The largest absolute Gasteiger partial charge is 0.390 e. The molecule has 0 aromatic rings. The van der Waals surface area contributed by atoms with Gasteiger partial charge >= 0.3 is 0 Å². The van der Waals surface area contributed by atoms with Gasteiger partial charge < -0.3 is 5.11 Å². The Kier molecular flexibility index (Phi) is 7.58. The van der Waals surface area contributed by atoms with Crippen LogP contribution in [-0.4, -0.2) is 22.2 Å². The molecule has 0 aliphatic heterocycles. The fourth-order valence-corrected chi connectivity index (χ4v) is 8.87. The van der Waals surface area contributed by atoms with E-state index in [2.05, 4.69) is 39.5 Å². The van der Waals surface area contributed by atoms with E-state index >= 15 is 0 Å². The number of rotatable bonds is 9. The van der Waals surface area contributed by atoms with Gasteiger partial charge in [-0.2, -0.15) is 12.6 Å². The SMILES string of the molecule is C[C@]12CCC(=O)C=C1C[C@@H](CCCCCCCCCS)[C@@H]1[C@@H]2CC[C@@]2(C)[C@H]1CC[C@]2(C)O. The molecule has 4 aliphatic rings. The molecule has 2 nitrogen and oxygen atoms in total. The number of thiol groups is 1. The first-order chi connectivity index (χ1) is 15.2. The van der Waals surface area contributed by atoms with Gasteiger partial charge in [0, 0.05) is 6.42 Å². The summed E-state index contributed by atoms with van der Waals surface area (Å²) in [7, 11) is 0. The second kappa shape index (κ2) is 9.76. The van der Waals surface area contributed by atoms with Crippen LogP contribution in [0.3, 0.4) is 0 Å². The second-order valence-corrected chi connectivity index (χ2v) is 13.0. The van der Waals surface area contributed by atoms with Crippen LogP contribution >= 0.6 is 12.6 Å². The minimum atomic E-state index is -0.514. The van der Waals surface area contributed by atoms with E-state index in [9.17, 15) is 9.90 Å². The maximum absolute atomic E-state index is 12.3. The Balaban J connectivity index is 1.48. The van der Waals surface area contributed by atoms with E-state index in [1.165, 1.54) is 69.8 Å². The number of unbranched alkanes of at least 4 members (excludes halogenated alkanes) is 6. The molecule has 0 spiro atoms. The lowest BCUT2D eigenvalue weighted by Gasteiger charge is -2.61. The molecule has 4 aliphatic carbocycles. The first-order valence-electron chi connectivity index (χ1n) is 13.8. The maximum atomic E-state index is 12.3. The molecule has 182 valence electrons. The zero-order chi connectivity index (χ0) is 23.0. The van der Waals surface area contributed by atoms with E-state index in [0.717, 1.165) is 43.8 Å². The van der Waals surface area contributed by atoms with Crippen molar-refractivity contribution >= 4 is 18.4 Å². The zero-order valence-corrected chi connectivity index (χ0v) is 21.9. The van der Waals surface area contributed by atoms with Crippen LogP contribution in [0.4, 0.5) is 0 Å². The lowest BCUT2D eigenvalue weighted by Crippen LogP contribution is -2.56. The number of carbonyl (C=O) groups excluding carboxylic acids is 1. The molecule has 32 heavy (non-hydrogen) atoms. The summed E-state index contributed by atoms with van der Waals surface area (Å²) in [5, 5.41) is 11.3. The van der Waals surface area contributed by atoms with Crippen LogP contribution in [0.2, 0.25) is 0 Å². The highest BCUT2D eigenvalue weighted by Crippen LogP contribution is 2.69. The van der Waals surface area contributed by atoms with Crippen molar-refractivity contribution in [2.24, 2.45) is 34.5 Å². The molecule has 4 rings (SSSR count). The van der Waals surface area contributed by atoms with Crippen molar-refractivity contribution in [3.05, 3.63) is 11.6 Å². The number of ketones is 1. The van der Waals surface area contributed by atoms with Gasteiger partial charge in [-0.1, -0.05) is 57.9 Å². The van der Waals surface area contributed by atoms with Gasteiger partial charge in [0.1, 0.15) is 0 Å². The van der Waals surface area contributed by atoms with Crippen LogP contribution in [0.5, 0.6) is 0 Å². The normalized spacial score (nSPS) is 43.4. The molecule has 0 amide bonds. The molecule has 1 N–H and O–H groups in total. The highest BCUT2D eigenvalue weighted by atomic mass is 32.1. The van der Waals surface area contributed by atoms with Crippen molar-refractivity contribution in [1.82, 2.24) is 0 Å². The molecule has 0 aromatic carbocycles. The summed E-state index contributed by atoms with van der Waals surface area (Å²) in [5.41, 5.74) is 1.26. The van der Waals surface area contributed by atoms with Gasteiger partial charge in [-0.3, -0.25) is 4.79 Å². The van der Waals surface area contributed by atoms with Crippen LogP contribution < -0.4 is 0 Å². The van der Waals surface area contributed by atoms with Crippen molar-refractivity contribution in [2.75, 3.05) is 5.75 Å². The summed E-state index contributed by atoms with van der Waals surface area (Å²) < 4.78 is 0. The predicted octanol–water partition coefficient (Wildman–Crippen LogP) is 7.55. The Labute approximate surface area is 202 Å². The molecular weight excluding hydrogens is 412 g/mol. The van der Waals surface area contributed by atoms with E-state index in [1.807, 2.05) is 0 Å². The zero-order valence-electron chi connectivity index (χ0n) is 21.0. The highest BCUT2D eigenvalue weighted by molar-refractivity contribution is 7.80. The smallest absolute Gasteiger partial charge is 0.155 e. The van der Waals surface area contributed by atoms with Gasteiger partial charge in [0.05, 0.1) is 5.60 Å². The third kappa shape index (κ3) is 4.39. The average molecular weight is 461 g/mol. The molecule has 0 heterocycles. The van der Waals surface area contributed by atoms with Crippen molar-refractivity contribution in [3.63, 3.8) is 0 Å². The first-order valence-corrected chi connectivity index (χ1v) is 14.4. The molecule has 3 fully saturated rings. The third-order valence-corrected chi connectivity index (χ3v) is 11.2. The minimum Gasteiger partial charge on any atom is -0.390 e.